The Hall–Kier alpha value is -2.46. The van der Waals surface area contributed by atoms with E-state index in [4.69, 9.17) is 11.6 Å². The Bertz CT molecular complexity index is 928. The highest BCUT2D eigenvalue weighted by Gasteiger charge is 2.16. The third kappa shape index (κ3) is 3.56. The standard InChI is InChI=1S/C21H22ClN3O/c22-17-9-8-16-10-13-25(20(16)14-17)15-21(26)23-18-6-2-3-7-19(18)24-11-4-1-5-12-24/h2-3,6-10,13-14H,1,4-5,11-12,15H2,(H,23,26). The van der Waals surface area contributed by atoms with Crippen molar-refractivity contribution in [3.05, 3.63) is 59.8 Å². The monoisotopic (exact) mass is 367 g/mol. The summed E-state index contributed by atoms with van der Waals surface area (Å²) in [7, 11) is 0. The van der Waals surface area contributed by atoms with E-state index in [9.17, 15) is 4.79 Å². The zero-order valence-electron chi connectivity index (χ0n) is 14.6. The molecule has 0 saturated carbocycles. The van der Waals surface area contributed by atoms with Gasteiger partial charge in [0.1, 0.15) is 6.54 Å². The summed E-state index contributed by atoms with van der Waals surface area (Å²) in [5.74, 6) is -0.0352. The minimum absolute atomic E-state index is 0.0352. The molecular formula is C21H22ClN3O. The van der Waals surface area contributed by atoms with Gasteiger partial charge in [-0.1, -0.05) is 29.8 Å². The van der Waals surface area contributed by atoms with Crippen molar-refractivity contribution in [1.29, 1.82) is 0 Å². The Kier molecular flexibility index (Phi) is 4.85. The quantitative estimate of drug-likeness (QED) is 0.710. The third-order valence-corrected chi connectivity index (χ3v) is 5.16. The van der Waals surface area contributed by atoms with Crippen molar-refractivity contribution in [3.63, 3.8) is 0 Å². The van der Waals surface area contributed by atoms with Gasteiger partial charge in [0.05, 0.1) is 11.4 Å². The Labute approximate surface area is 158 Å². The van der Waals surface area contributed by atoms with Gasteiger partial charge < -0.3 is 14.8 Å². The Balaban J connectivity index is 1.52. The minimum Gasteiger partial charge on any atom is -0.370 e. The lowest BCUT2D eigenvalue weighted by atomic mass is 10.1. The van der Waals surface area contributed by atoms with Crippen LogP contribution in [-0.2, 0) is 11.3 Å². The van der Waals surface area contributed by atoms with Crippen LogP contribution in [0.4, 0.5) is 11.4 Å². The summed E-state index contributed by atoms with van der Waals surface area (Å²) in [6, 6.07) is 15.8. The van der Waals surface area contributed by atoms with Crippen molar-refractivity contribution < 1.29 is 4.79 Å². The topological polar surface area (TPSA) is 37.3 Å². The van der Waals surface area contributed by atoms with E-state index in [0.717, 1.165) is 35.4 Å². The molecule has 0 radical (unpaired) electrons. The number of benzene rings is 2. The van der Waals surface area contributed by atoms with Crippen LogP contribution in [0.5, 0.6) is 0 Å². The molecule has 3 aromatic rings. The number of nitrogens with one attached hydrogen (secondary N) is 1. The zero-order valence-corrected chi connectivity index (χ0v) is 15.4. The molecule has 0 unspecified atom stereocenters. The minimum atomic E-state index is -0.0352. The summed E-state index contributed by atoms with van der Waals surface area (Å²) in [5.41, 5.74) is 2.96. The molecule has 2 aromatic carbocycles. The van der Waals surface area contributed by atoms with Crippen molar-refractivity contribution in [3.8, 4) is 0 Å². The van der Waals surface area contributed by atoms with Crippen LogP contribution < -0.4 is 10.2 Å². The number of para-hydroxylation sites is 2. The van der Waals surface area contributed by atoms with Gasteiger partial charge in [0.15, 0.2) is 0 Å². The van der Waals surface area contributed by atoms with Crippen molar-refractivity contribution in [1.82, 2.24) is 4.57 Å². The highest BCUT2D eigenvalue weighted by Crippen LogP contribution is 2.28. The van der Waals surface area contributed by atoms with Gasteiger partial charge >= 0.3 is 0 Å². The van der Waals surface area contributed by atoms with E-state index < -0.39 is 0 Å². The Morgan fingerprint density at radius 1 is 1.04 bits per heavy atom. The molecule has 2 heterocycles. The molecule has 0 spiro atoms. The molecule has 4 rings (SSSR count). The molecular weight excluding hydrogens is 346 g/mol. The molecule has 1 N–H and O–H groups in total. The summed E-state index contributed by atoms with van der Waals surface area (Å²) in [5, 5.41) is 4.84. The predicted octanol–water partition coefficient (Wildman–Crippen LogP) is 4.92. The number of carbonyl (C=O) groups is 1. The molecule has 4 nitrogen and oxygen atoms in total. The molecule has 0 bridgehead atoms. The van der Waals surface area contributed by atoms with Gasteiger partial charge in [-0.3, -0.25) is 4.79 Å². The lowest BCUT2D eigenvalue weighted by Gasteiger charge is -2.30. The van der Waals surface area contributed by atoms with Crippen molar-refractivity contribution in [2.75, 3.05) is 23.3 Å². The van der Waals surface area contributed by atoms with Crippen LogP contribution in [0, 0.1) is 0 Å². The number of piperidine rings is 1. The van der Waals surface area contributed by atoms with Crippen LogP contribution in [0.2, 0.25) is 5.02 Å². The largest absolute Gasteiger partial charge is 0.370 e. The predicted molar refractivity (Wildman–Crippen MR) is 108 cm³/mol. The van der Waals surface area contributed by atoms with Crippen molar-refractivity contribution in [2.45, 2.75) is 25.8 Å². The van der Waals surface area contributed by atoms with E-state index in [1.165, 1.54) is 19.3 Å². The summed E-state index contributed by atoms with van der Waals surface area (Å²) < 4.78 is 1.93. The summed E-state index contributed by atoms with van der Waals surface area (Å²) in [6.45, 7) is 2.36. The molecule has 1 amide bonds. The van der Waals surface area contributed by atoms with E-state index in [2.05, 4.69) is 16.3 Å². The highest BCUT2D eigenvalue weighted by molar-refractivity contribution is 6.31. The first-order valence-electron chi connectivity index (χ1n) is 9.09. The second-order valence-corrected chi connectivity index (χ2v) is 7.20. The number of carbonyl (C=O) groups excluding carboxylic acids is 1. The normalized spacial score (nSPS) is 14.6. The fraction of sp³-hybridized carbons (Fsp3) is 0.286. The summed E-state index contributed by atoms with van der Waals surface area (Å²) in [6.07, 6.45) is 5.63. The maximum absolute atomic E-state index is 12.7. The molecule has 1 fully saturated rings. The maximum atomic E-state index is 12.7. The van der Waals surface area contributed by atoms with Gasteiger partial charge in [0, 0.05) is 29.8 Å². The number of nitrogens with zero attached hydrogens (tertiary/aromatic N) is 2. The first-order chi connectivity index (χ1) is 12.7. The van der Waals surface area contributed by atoms with Crippen LogP contribution >= 0.6 is 11.6 Å². The van der Waals surface area contributed by atoms with E-state index in [1.54, 1.807) is 0 Å². The molecule has 1 aromatic heterocycles. The molecule has 1 aliphatic rings. The fourth-order valence-corrected chi connectivity index (χ4v) is 3.80. The van der Waals surface area contributed by atoms with Gasteiger partial charge in [-0.05, 0) is 55.0 Å². The maximum Gasteiger partial charge on any atom is 0.244 e. The number of fused-ring (bicyclic) bond motifs is 1. The average Bonchev–Trinajstić information content (AvgIpc) is 3.05. The molecule has 0 aliphatic carbocycles. The number of rotatable bonds is 4. The zero-order chi connectivity index (χ0) is 17.9. The molecule has 0 atom stereocenters. The van der Waals surface area contributed by atoms with Crippen LogP contribution in [0.1, 0.15) is 19.3 Å². The van der Waals surface area contributed by atoms with Gasteiger partial charge in [0.25, 0.3) is 0 Å². The fourth-order valence-electron chi connectivity index (χ4n) is 3.63. The average molecular weight is 368 g/mol. The Morgan fingerprint density at radius 2 is 1.85 bits per heavy atom. The number of aromatic nitrogens is 1. The lowest BCUT2D eigenvalue weighted by Crippen LogP contribution is -2.30. The van der Waals surface area contributed by atoms with Crippen LogP contribution in [0.15, 0.2) is 54.7 Å². The number of hydrogen-bond donors (Lipinski definition) is 1. The highest BCUT2D eigenvalue weighted by atomic mass is 35.5. The van der Waals surface area contributed by atoms with Gasteiger partial charge in [-0.2, -0.15) is 0 Å². The number of halogens is 1. The van der Waals surface area contributed by atoms with Gasteiger partial charge in [-0.15, -0.1) is 0 Å². The number of anilines is 2. The Morgan fingerprint density at radius 3 is 2.69 bits per heavy atom. The lowest BCUT2D eigenvalue weighted by molar-refractivity contribution is -0.116. The molecule has 134 valence electrons. The SMILES string of the molecule is O=C(Cn1ccc2ccc(Cl)cc21)Nc1ccccc1N1CCCCC1. The van der Waals surface area contributed by atoms with E-state index in [0.29, 0.717) is 5.02 Å². The third-order valence-electron chi connectivity index (χ3n) is 4.92. The second kappa shape index (κ2) is 7.42. The van der Waals surface area contributed by atoms with Crippen molar-refractivity contribution in [2.24, 2.45) is 0 Å². The van der Waals surface area contributed by atoms with Gasteiger partial charge in [0.2, 0.25) is 5.91 Å². The molecule has 5 heteroatoms. The summed E-state index contributed by atoms with van der Waals surface area (Å²) in [4.78, 5) is 15.0. The van der Waals surface area contributed by atoms with Gasteiger partial charge in [-0.25, -0.2) is 0 Å². The van der Waals surface area contributed by atoms with E-state index in [-0.39, 0.29) is 12.5 Å². The van der Waals surface area contributed by atoms with E-state index in [1.807, 2.05) is 53.2 Å². The smallest absolute Gasteiger partial charge is 0.244 e. The molecule has 1 saturated heterocycles. The number of hydrogen-bond acceptors (Lipinski definition) is 2. The molecule has 26 heavy (non-hydrogen) atoms. The second-order valence-electron chi connectivity index (χ2n) is 6.76. The van der Waals surface area contributed by atoms with Crippen LogP contribution in [0.3, 0.4) is 0 Å². The molecule has 1 aliphatic heterocycles. The van der Waals surface area contributed by atoms with E-state index >= 15 is 0 Å². The summed E-state index contributed by atoms with van der Waals surface area (Å²) >= 11 is 6.10. The first-order valence-corrected chi connectivity index (χ1v) is 9.47. The van der Waals surface area contributed by atoms with Crippen molar-refractivity contribution >= 4 is 39.8 Å². The number of amides is 1. The van der Waals surface area contributed by atoms with Crippen LogP contribution in [0.25, 0.3) is 10.9 Å². The first kappa shape index (κ1) is 17.0. The van der Waals surface area contributed by atoms with Crippen LogP contribution in [-0.4, -0.2) is 23.6 Å².